The number of carbonyl (C=O) groups is 1. The Morgan fingerprint density at radius 1 is 1.09 bits per heavy atom. The number of imidazole rings is 1. The van der Waals surface area contributed by atoms with Gasteiger partial charge in [0.05, 0.1) is 0 Å². The minimum absolute atomic E-state index is 0.0520. The van der Waals surface area contributed by atoms with Crippen LogP contribution in [0.2, 0.25) is 0 Å². The van der Waals surface area contributed by atoms with Gasteiger partial charge in [0.1, 0.15) is 5.69 Å². The zero-order valence-corrected chi connectivity index (χ0v) is 12.9. The van der Waals surface area contributed by atoms with Crippen LogP contribution in [0.4, 0.5) is 0 Å². The largest absolute Gasteiger partial charge is 0.337 e. The van der Waals surface area contributed by atoms with Crippen molar-refractivity contribution in [1.82, 2.24) is 19.3 Å². The fourth-order valence-electron chi connectivity index (χ4n) is 4.08. The fraction of sp³-hybridized carbons (Fsp3) is 0.588. The molecule has 1 aliphatic heterocycles. The summed E-state index contributed by atoms with van der Waals surface area (Å²) in [6.07, 6.45) is 14.5. The number of hydrogen-bond donors (Lipinski definition) is 0. The lowest BCUT2D eigenvalue weighted by Gasteiger charge is -2.44. The molecule has 0 aromatic carbocycles. The molecule has 0 unspecified atom stereocenters. The van der Waals surface area contributed by atoms with E-state index in [1.54, 1.807) is 16.8 Å². The Labute approximate surface area is 130 Å². The maximum Gasteiger partial charge on any atom is 0.274 e. The third kappa shape index (κ3) is 2.38. The summed E-state index contributed by atoms with van der Waals surface area (Å²) >= 11 is 0. The highest BCUT2D eigenvalue weighted by Gasteiger charge is 2.37. The van der Waals surface area contributed by atoms with Gasteiger partial charge in [-0.1, -0.05) is 19.3 Å². The Hall–Kier alpha value is -1.91. The van der Waals surface area contributed by atoms with Crippen molar-refractivity contribution >= 4 is 11.7 Å². The van der Waals surface area contributed by atoms with Gasteiger partial charge in [0.25, 0.3) is 5.91 Å². The molecule has 4 rings (SSSR count). The first-order valence-corrected chi connectivity index (χ1v) is 8.35. The number of amides is 1. The number of fused-ring (bicyclic) bond motifs is 1. The quantitative estimate of drug-likeness (QED) is 0.813. The van der Waals surface area contributed by atoms with E-state index >= 15 is 0 Å². The summed E-state index contributed by atoms with van der Waals surface area (Å²) in [5, 5.41) is 0. The molecule has 2 aromatic heterocycles. The maximum atomic E-state index is 12.7. The van der Waals surface area contributed by atoms with E-state index in [-0.39, 0.29) is 5.91 Å². The number of hydrogen-bond acceptors (Lipinski definition) is 3. The fourth-order valence-corrected chi connectivity index (χ4v) is 4.08. The molecule has 5 nitrogen and oxygen atoms in total. The molecule has 1 aliphatic carbocycles. The molecule has 2 fully saturated rings. The van der Waals surface area contributed by atoms with Gasteiger partial charge in [-0.05, 0) is 37.2 Å². The number of likely N-dealkylation sites (tertiary alicyclic amines) is 1. The third-order valence-electron chi connectivity index (χ3n) is 5.48. The Kier molecular flexibility index (Phi) is 3.36. The summed E-state index contributed by atoms with van der Waals surface area (Å²) in [4.78, 5) is 23.2. The number of rotatable bonds is 1. The van der Waals surface area contributed by atoms with Gasteiger partial charge in [-0.2, -0.15) is 0 Å². The average Bonchev–Trinajstić information content (AvgIpc) is 3.00. The molecule has 0 radical (unpaired) electrons. The first kappa shape index (κ1) is 13.7. The van der Waals surface area contributed by atoms with Crippen LogP contribution in [0.15, 0.2) is 24.7 Å². The molecule has 0 N–H and O–H groups in total. The highest BCUT2D eigenvalue weighted by atomic mass is 16.2. The molecule has 116 valence electrons. The summed E-state index contributed by atoms with van der Waals surface area (Å²) in [5.74, 6) is 0.641. The van der Waals surface area contributed by atoms with Gasteiger partial charge in [0.15, 0.2) is 0 Å². The monoisotopic (exact) mass is 298 g/mol. The topological polar surface area (TPSA) is 50.5 Å². The van der Waals surface area contributed by atoms with Gasteiger partial charge in [-0.3, -0.25) is 9.20 Å². The SMILES string of the molecule is O=C(c1cn2cccnc2n1)N1CCC2(CCCCC2)CC1. The Balaban J connectivity index is 1.47. The molecule has 1 spiro atoms. The molecule has 0 bridgehead atoms. The lowest BCUT2D eigenvalue weighted by Crippen LogP contribution is -2.44. The lowest BCUT2D eigenvalue weighted by atomic mass is 9.68. The highest BCUT2D eigenvalue weighted by molar-refractivity contribution is 5.92. The molecule has 2 aromatic rings. The second-order valence-electron chi connectivity index (χ2n) is 6.81. The molecule has 1 amide bonds. The minimum atomic E-state index is 0.0520. The van der Waals surface area contributed by atoms with Gasteiger partial charge in [-0.25, -0.2) is 9.97 Å². The van der Waals surface area contributed by atoms with E-state index in [0.29, 0.717) is 16.9 Å². The molecule has 1 saturated heterocycles. The van der Waals surface area contributed by atoms with Crippen molar-refractivity contribution in [3.8, 4) is 0 Å². The van der Waals surface area contributed by atoms with E-state index in [1.165, 1.54) is 32.1 Å². The predicted octanol–water partition coefficient (Wildman–Crippen LogP) is 2.92. The summed E-state index contributed by atoms with van der Waals surface area (Å²) in [6, 6.07) is 1.84. The molecular weight excluding hydrogens is 276 g/mol. The summed E-state index contributed by atoms with van der Waals surface area (Å²) in [5.41, 5.74) is 1.04. The standard InChI is InChI=1S/C17H22N4O/c22-15(14-13-21-10-4-9-18-16(21)19-14)20-11-7-17(8-12-20)5-2-1-3-6-17/h4,9-10,13H,1-3,5-8,11-12H2. The van der Waals surface area contributed by atoms with Crippen LogP contribution in [0.3, 0.4) is 0 Å². The van der Waals surface area contributed by atoms with Crippen molar-refractivity contribution < 1.29 is 4.79 Å². The average molecular weight is 298 g/mol. The first-order chi connectivity index (χ1) is 10.8. The molecular formula is C17H22N4O. The van der Waals surface area contributed by atoms with Crippen molar-refractivity contribution in [2.45, 2.75) is 44.9 Å². The zero-order valence-electron chi connectivity index (χ0n) is 12.9. The first-order valence-electron chi connectivity index (χ1n) is 8.35. The van der Waals surface area contributed by atoms with Crippen molar-refractivity contribution in [3.05, 3.63) is 30.4 Å². The maximum absolute atomic E-state index is 12.7. The van der Waals surface area contributed by atoms with E-state index in [4.69, 9.17) is 0 Å². The van der Waals surface area contributed by atoms with Gasteiger partial charge in [-0.15, -0.1) is 0 Å². The van der Waals surface area contributed by atoms with Crippen LogP contribution < -0.4 is 0 Å². The second-order valence-corrected chi connectivity index (χ2v) is 6.81. The predicted molar refractivity (Wildman–Crippen MR) is 83.6 cm³/mol. The van der Waals surface area contributed by atoms with Crippen LogP contribution in [0.25, 0.3) is 5.78 Å². The third-order valence-corrected chi connectivity index (χ3v) is 5.48. The van der Waals surface area contributed by atoms with E-state index in [1.807, 2.05) is 17.2 Å². The van der Waals surface area contributed by atoms with Gasteiger partial charge < -0.3 is 4.90 Å². The highest BCUT2D eigenvalue weighted by Crippen LogP contribution is 2.44. The van der Waals surface area contributed by atoms with Crippen molar-refractivity contribution in [2.24, 2.45) is 5.41 Å². The van der Waals surface area contributed by atoms with E-state index < -0.39 is 0 Å². The number of carbonyl (C=O) groups excluding carboxylic acids is 1. The molecule has 22 heavy (non-hydrogen) atoms. The van der Waals surface area contributed by atoms with E-state index in [9.17, 15) is 4.79 Å². The van der Waals surface area contributed by atoms with Crippen molar-refractivity contribution in [1.29, 1.82) is 0 Å². The number of nitrogens with zero attached hydrogens (tertiary/aromatic N) is 4. The summed E-state index contributed by atoms with van der Waals surface area (Å²) in [6.45, 7) is 1.75. The van der Waals surface area contributed by atoms with Crippen LogP contribution in [-0.4, -0.2) is 38.3 Å². The van der Waals surface area contributed by atoms with E-state index in [0.717, 1.165) is 25.9 Å². The van der Waals surface area contributed by atoms with Crippen LogP contribution in [-0.2, 0) is 0 Å². The molecule has 1 saturated carbocycles. The van der Waals surface area contributed by atoms with E-state index in [2.05, 4.69) is 9.97 Å². The molecule has 5 heteroatoms. The lowest BCUT2D eigenvalue weighted by molar-refractivity contribution is 0.0468. The van der Waals surface area contributed by atoms with Crippen LogP contribution in [0.1, 0.15) is 55.4 Å². The molecule has 0 atom stereocenters. The molecule has 3 heterocycles. The van der Waals surface area contributed by atoms with Gasteiger partial charge in [0, 0.05) is 31.7 Å². The van der Waals surface area contributed by atoms with Crippen molar-refractivity contribution in [3.63, 3.8) is 0 Å². The number of piperidine rings is 1. The van der Waals surface area contributed by atoms with Crippen LogP contribution >= 0.6 is 0 Å². The smallest absolute Gasteiger partial charge is 0.274 e. The zero-order chi connectivity index (χ0) is 15.0. The number of aromatic nitrogens is 3. The summed E-state index contributed by atoms with van der Waals surface area (Å²) in [7, 11) is 0. The Bertz CT molecular complexity index is 644. The van der Waals surface area contributed by atoms with Crippen LogP contribution in [0.5, 0.6) is 0 Å². The van der Waals surface area contributed by atoms with Gasteiger partial charge >= 0.3 is 0 Å². The molecule has 2 aliphatic rings. The second kappa shape index (κ2) is 5.38. The summed E-state index contributed by atoms with van der Waals surface area (Å²) < 4.78 is 1.81. The normalized spacial score (nSPS) is 21.4. The van der Waals surface area contributed by atoms with Crippen LogP contribution in [0, 0.1) is 5.41 Å². The Morgan fingerprint density at radius 2 is 1.86 bits per heavy atom. The van der Waals surface area contributed by atoms with Gasteiger partial charge in [0.2, 0.25) is 5.78 Å². The Morgan fingerprint density at radius 3 is 2.59 bits per heavy atom. The van der Waals surface area contributed by atoms with Crippen molar-refractivity contribution in [2.75, 3.05) is 13.1 Å². The minimum Gasteiger partial charge on any atom is -0.337 e.